The van der Waals surface area contributed by atoms with Gasteiger partial charge in [-0.1, -0.05) is 48.5 Å². The molecule has 2 aromatic carbocycles. The van der Waals surface area contributed by atoms with Gasteiger partial charge in [-0.2, -0.15) is 0 Å². The van der Waals surface area contributed by atoms with E-state index in [9.17, 15) is 9.59 Å². The fourth-order valence-corrected chi connectivity index (χ4v) is 4.25. The highest BCUT2D eigenvalue weighted by Gasteiger charge is 2.32. The zero-order chi connectivity index (χ0) is 18.1. The van der Waals surface area contributed by atoms with Crippen LogP contribution in [0.25, 0.3) is 0 Å². The number of carbonyl (C=O) groups is 2. The second-order valence-corrected chi connectivity index (χ2v) is 7.22. The third kappa shape index (κ3) is 3.12. The number of rotatable bonds is 2. The smallest absolute Gasteiger partial charge is 0.225 e. The Morgan fingerprint density at radius 1 is 0.923 bits per heavy atom. The van der Waals surface area contributed by atoms with Gasteiger partial charge in [-0.3, -0.25) is 9.59 Å². The highest BCUT2D eigenvalue weighted by Crippen LogP contribution is 2.33. The molecule has 1 atom stereocenters. The molecule has 1 unspecified atom stereocenters. The number of hydrogen-bond donors (Lipinski definition) is 0. The summed E-state index contributed by atoms with van der Waals surface area (Å²) in [6, 6.07) is 16.4. The van der Waals surface area contributed by atoms with Crippen LogP contribution in [-0.4, -0.2) is 34.7 Å². The summed E-state index contributed by atoms with van der Waals surface area (Å²) in [6.07, 6.45) is 2.12. The summed E-state index contributed by atoms with van der Waals surface area (Å²) < 4.78 is 0. The van der Waals surface area contributed by atoms with E-state index >= 15 is 0 Å². The fraction of sp³-hybridized carbons (Fsp3) is 0.364. The van der Waals surface area contributed by atoms with E-state index in [-0.39, 0.29) is 17.9 Å². The molecular weight excluding hydrogens is 324 g/mol. The van der Waals surface area contributed by atoms with Crippen LogP contribution < -0.4 is 0 Å². The first kappa shape index (κ1) is 16.8. The molecule has 0 N–H and O–H groups in total. The van der Waals surface area contributed by atoms with Crippen molar-refractivity contribution in [3.8, 4) is 0 Å². The molecule has 4 rings (SSSR count). The van der Waals surface area contributed by atoms with Crippen LogP contribution in [0.15, 0.2) is 48.5 Å². The second kappa shape index (κ2) is 6.94. The SMILES string of the molecule is CC(=O)N1CCc2ccccc2C1CC(=O)N1CCc2ccccc2C1. The van der Waals surface area contributed by atoms with Crippen LogP contribution in [0, 0.1) is 0 Å². The van der Waals surface area contributed by atoms with E-state index in [1.165, 1.54) is 16.7 Å². The topological polar surface area (TPSA) is 40.6 Å². The second-order valence-electron chi connectivity index (χ2n) is 7.22. The zero-order valence-corrected chi connectivity index (χ0v) is 15.1. The van der Waals surface area contributed by atoms with Crippen molar-refractivity contribution in [1.29, 1.82) is 0 Å². The van der Waals surface area contributed by atoms with E-state index in [2.05, 4.69) is 30.3 Å². The van der Waals surface area contributed by atoms with E-state index in [0.29, 0.717) is 19.5 Å². The summed E-state index contributed by atoms with van der Waals surface area (Å²) in [7, 11) is 0. The predicted molar refractivity (Wildman–Crippen MR) is 100 cm³/mol. The molecule has 0 fully saturated rings. The first-order valence-corrected chi connectivity index (χ1v) is 9.33. The van der Waals surface area contributed by atoms with Gasteiger partial charge in [-0.05, 0) is 35.1 Å². The number of amides is 2. The van der Waals surface area contributed by atoms with Crippen LogP contribution in [0.4, 0.5) is 0 Å². The van der Waals surface area contributed by atoms with Gasteiger partial charge in [0.05, 0.1) is 12.5 Å². The minimum absolute atomic E-state index is 0.0429. The molecule has 0 radical (unpaired) electrons. The monoisotopic (exact) mass is 348 g/mol. The number of nitrogens with zero attached hydrogens (tertiary/aromatic N) is 2. The van der Waals surface area contributed by atoms with Gasteiger partial charge in [0.15, 0.2) is 0 Å². The Kier molecular flexibility index (Phi) is 4.49. The van der Waals surface area contributed by atoms with E-state index in [4.69, 9.17) is 0 Å². The summed E-state index contributed by atoms with van der Waals surface area (Å²) in [5.74, 6) is 0.175. The predicted octanol–water partition coefficient (Wildman–Crippen LogP) is 3.11. The van der Waals surface area contributed by atoms with Crippen molar-refractivity contribution in [3.05, 3.63) is 70.8 Å². The Balaban J connectivity index is 1.55. The zero-order valence-electron chi connectivity index (χ0n) is 15.1. The lowest BCUT2D eigenvalue weighted by Gasteiger charge is -2.38. The molecule has 2 aliphatic rings. The van der Waals surface area contributed by atoms with E-state index in [1.54, 1.807) is 6.92 Å². The van der Waals surface area contributed by atoms with E-state index in [1.807, 2.05) is 28.0 Å². The van der Waals surface area contributed by atoms with Crippen LogP contribution in [0.5, 0.6) is 0 Å². The third-order valence-electron chi connectivity index (χ3n) is 5.67. The molecule has 0 bridgehead atoms. The maximum absolute atomic E-state index is 13.0. The van der Waals surface area contributed by atoms with Gasteiger partial charge in [0.2, 0.25) is 11.8 Å². The molecule has 2 aromatic rings. The number of hydrogen-bond acceptors (Lipinski definition) is 2. The first-order chi connectivity index (χ1) is 12.6. The number of carbonyl (C=O) groups excluding carboxylic acids is 2. The highest BCUT2D eigenvalue weighted by atomic mass is 16.2. The maximum Gasteiger partial charge on any atom is 0.225 e. The first-order valence-electron chi connectivity index (χ1n) is 9.33. The Hall–Kier alpha value is -2.62. The summed E-state index contributed by atoms with van der Waals surface area (Å²) >= 11 is 0. The van der Waals surface area contributed by atoms with Gasteiger partial charge in [-0.25, -0.2) is 0 Å². The molecule has 26 heavy (non-hydrogen) atoms. The van der Waals surface area contributed by atoms with Crippen LogP contribution in [0.3, 0.4) is 0 Å². The normalized spacial score (nSPS) is 18.9. The standard InChI is InChI=1S/C22H24N2O2/c1-16(25)24-13-11-18-7-4-5-9-20(18)21(24)14-22(26)23-12-10-17-6-2-3-8-19(17)15-23/h2-9,21H,10-15H2,1H3. The summed E-state index contributed by atoms with van der Waals surface area (Å²) in [4.78, 5) is 29.0. The van der Waals surface area contributed by atoms with Gasteiger partial charge in [-0.15, -0.1) is 0 Å². The average Bonchev–Trinajstić information content (AvgIpc) is 2.67. The van der Waals surface area contributed by atoms with E-state index < -0.39 is 0 Å². The lowest BCUT2D eigenvalue weighted by Crippen LogP contribution is -2.43. The van der Waals surface area contributed by atoms with Crippen molar-refractivity contribution >= 4 is 11.8 Å². The molecule has 134 valence electrons. The lowest BCUT2D eigenvalue weighted by atomic mass is 9.90. The number of benzene rings is 2. The molecule has 2 aliphatic heterocycles. The minimum Gasteiger partial charge on any atom is -0.338 e. The van der Waals surface area contributed by atoms with Crippen LogP contribution in [0.2, 0.25) is 0 Å². The summed E-state index contributed by atoms with van der Waals surface area (Å²) in [5, 5.41) is 0. The Morgan fingerprint density at radius 3 is 2.35 bits per heavy atom. The average molecular weight is 348 g/mol. The van der Waals surface area contributed by atoms with E-state index in [0.717, 1.165) is 24.9 Å². The Bertz CT molecular complexity index is 846. The van der Waals surface area contributed by atoms with Crippen LogP contribution in [-0.2, 0) is 29.0 Å². The Labute approximate surface area is 154 Å². The molecular formula is C22H24N2O2. The quantitative estimate of drug-likeness (QED) is 0.837. The Morgan fingerprint density at radius 2 is 1.58 bits per heavy atom. The summed E-state index contributed by atoms with van der Waals surface area (Å²) in [5.41, 5.74) is 4.95. The third-order valence-corrected chi connectivity index (χ3v) is 5.67. The van der Waals surface area contributed by atoms with Crippen LogP contribution in [0.1, 0.15) is 41.6 Å². The van der Waals surface area contributed by atoms with Gasteiger partial charge in [0.25, 0.3) is 0 Å². The van der Waals surface area contributed by atoms with Crippen molar-refractivity contribution in [3.63, 3.8) is 0 Å². The molecule has 0 saturated heterocycles. The van der Waals surface area contributed by atoms with Crippen molar-refractivity contribution in [2.45, 2.75) is 38.8 Å². The van der Waals surface area contributed by atoms with Crippen molar-refractivity contribution in [2.75, 3.05) is 13.1 Å². The fourth-order valence-electron chi connectivity index (χ4n) is 4.25. The minimum atomic E-state index is -0.151. The van der Waals surface area contributed by atoms with Gasteiger partial charge < -0.3 is 9.80 Å². The van der Waals surface area contributed by atoms with Gasteiger partial charge >= 0.3 is 0 Å². The molecule has 0 aliphatic carbocycles. The molecule has 4 nitrogen and oxygen atoms in total. The largest absolute Gasteiger partial charge is 0.338 e. The molecule has 0 aromatic heterocycles. The molecule has 0 spiro atoms. The lowest BCUT2D eigenvalue weighted by molar-refractivity contribution is -0.137. The van der Waals surface area contributed by atoms with Crippen LogP contribution >= 0.6 is 0 Å². The van der Waals surface area contributed by atoms with Crippen molar-refractivity contribution in [2.24, 2.45) is 0 Å². The number of fused-ring (bicyclic) bond motifs is 2. The maximum atomic E-state index is 13.0. The van der Waals surface area contributed by atoms with Crippen molar-refractivity contribution in [1.82, 2.24) is 9.80 Å². The molecule has 0 saturated carbocycles. The van der Waals surface area contributed by atoms with Gasteiger partial charge in [0, 0.05) is 26.6 Å². The molecule has 2 amide bonds. The summed E-state index contributed by atoms with van der Waals surface area (Å²) in [6.45, 7) is 3.71. The molecule has 2 heterocycles. The van der Waals surface area contributed by atoms with Crippen molar-refractivity contribution < 1.29 is 9.59 Å². The highest BCUT2D eigenvalue weighted by molar-refractivity contribution is 5.80. The van der Waals surface area contributed by atoms with Gasteiger partial charge in [0.1, 0.15) is 0 Å². The molecule has 4 heteroatoms.